The van der Waals surface area contributed by atoms with Gasteiger partial charge >= 0.3 is 0 Å². The number of phenolic OH excluding ortho intramolecular Hbond substituents is 1. The second-order valence-electron chi connectivity index (χ2n) is 21.5. The number of phenols is 1. The van der Waals surface area contributed by atoms with Crippen molar-refractivity contribution in [3.63, 3.8) is 0 Å². The minimum atomic E-state index is -1.72. The number of aromatic hydroxyl groups is 1. The Morgan fingerprint density at radius 2 is 0.597 bits per heavy atom. The van der Waals surface area contributed by atoms with Crippen LogP contribution in [-0.2, 0) is 0 Å². The molecule has 0 saturated heterocycles. The van der Waals surface area contributed by atoms with Crippen LogP contribution in [0.4, 0.5) is 0 Å². The van der Waals surface area contributed by atoms with Gasteiger partial charge in [-0.05, 0) is 59.8 Å². The number of benzene rings is 1. The summed E-state index contributed by atoms with van der Waals surface area (Å²) in [7, 11) is -0.802. The van der Waals surface area contributed by atoms with E-state index >= 15 is 0 Å². The predicted molar refractivity (Wildman–Crippen MR) is 314 cm³/mol. The highest BCUT2D eigenvalue weighted by Gasteiger charge is 2.44. The molecule has 3 N–H and O–H groups in total. The smallest absolute Gasteiger partial charge is 0.115 e. The molecule has 1 aromatic carbocycles. The SMILES string of the molecule is CCCCCCCCCCCCCCCCCCC1=NS(CCCCCCCCCCCCCCCCCC)(CCCCCCCCCCCCCCCCCC)SS1(N)c1ccc(O)cc1. The molecule has 1 unspecified atom stereocenters. The topological polar surface area (TPSA) is 58.6 Å². The molecule has 0 amide bonds. The fourth-order valence-electron chi connectivity index (χ4n) is 10.4. The van der Waals surface area contributed by atoms with Gasteiger partial charge in [0.25, 0.3) is 0 Å². The second kappa shape index (κ2) is 45.6. The highest BCUT2D eigenvalue weighted by atomic mass is 33.6. The van der Waals surface area contributed by atoms with Crippen LogP contribution in [0, 0.1) is 0 Å². The first-order valence-corrected chi connectivity index (χ1v) is 36.0. The summed E-state index contributed by atoms with van der Waals surface area (Å²) in [6.45, 7) is 6.94. The third kappa shape index (κ3) is 33.9. The summed E-state index contributed by atoms with van der Waals surface area (Å²) in [4.78, 5) is 1.22. The summed E-state index contributed by atoms with van der Waals surface area (Å²) in [6.07, 6.45) is 68.8. The van der Waals surface area contributed by atoms with Crippen LogP contribution in [0.1, 0.15) is 335 Å². The van der Waals surface area contributed by atoms with E-state index in [4.69, 9.17) is 9.54 Å². The van der Waals surface area contributed by atoms with Crippen molar-refractivity contribution >= 4 is 33.4 Å². The zero-order chi connectivity index (χ0) is 48.0. The molecule has 0 aliphatic carbocycles. The summed E-state index contributed by atoms with van der Waals surface area (Å²) < 4.78 is 5.91. The minimum Gasteiger partial charge on any atom is -0.508 e. The largest absolute Gasteiger partial charge is 0.508 e. The highest BCUT2D eigenvalue weighted by Crippen LogP contribution is 2.84. The molecule has 1 aromatic rings. The van der Waals surface area contributed by atoms with Gasteiger partial charge in [-0.15, -0.1) is 0 Å². The van der Waals surface area contributed by atoms with Gasteiger partial charge in [0, 0.05) is 16.4 Å². The maximum absolute atomic E-state index is 10.3. The third-order valence-corrected chi connectivity index (χ3v) is 27.9. The van der Waals surface area contributed by atoms with Crippen LogP contribution >= 0.6 is 28.3 Å². The maximum atomic E-state index is 10.3. The second-order valence-corrected chi connectivity index (χ2v) is 31.4. The van der Waals surface area contributed by atoms with Crippen LogP contribution in [0.15, 0.2) is 33.6 Å². The molecule has 3 nitrogen and oxygen atoms in total. The fraction of sp³-hybridized carbons (Fsp3) is 0.885. The number of nitrogens with two attached hydrogens (primary N) is 1. The van der Waals surface area contributed by atoms with Gasteiger partial charge in [0.2, 0.25) is 0 Å². The van der Waals surface area contributed by atoms with E-state index in [1.54, 1.807) is 0 Å². The van der Waals surface area contributed by atoms with Crippen molar-refractivity contribution in [1.29, 1.82) is 0 Å². The van der Waals surface area contributed by atoms with Crippen molar-refractivity contribution < 1.29 is 5.11 Å². The molecule has 396 valence electrons. The molecular formula is C61H118N2OS3. The lowest BCUT2D eigenvalue weighted by atomic mass is 10.0. The van der Waals surface area contributed by atoms with Crippen molar-refractivity contribution in [3.05, 3.63) is 24.3 Å². The molecular weight excluding hydrogens is 873 g/mol. The van der Waals surface area contributed by atoms with Gasteiger partial charge in [0.05, 0.1) is 5.04 Å². The fourth-order valence-corrected chi connectivity index (χ4v) is 26.0. The molecule has 0 radical (unpaired) electrons. The lowest BCUT2D eigenvalue weighted by Gasteiger charge is -2.37. The standard InChI is InChI=1S/C61H118N2OS3/c1-4-7-10-13-16-19-22-25-28-31-34-37-40-43-46-49-52-61-63-66(65-67(61,62)60-55-53-59(64)54-56-60,57-50-47-44-41-38-35-32-29-26-23-20-17-14-11-8-5-2)58-51-48-45-42-39-36-33-30-27-24-21-18-15-12-9-6-3/h53-56,64H,4-52,57-58,62H2,1-3H3. The third-order valence-electron chi connectivity index (χ3n) is 14.9. The van der Waals surface area contributed by atoms with Crippen molar-refractivity contribution in [2.24, 2.45) is 9.54 Å². The zero-order valence-electron chi connectivity index (χ0n) is 45.6. The van der Waals surface area contributed by atoms with Gasteiger partial charge in [-0.2, -0.15) is 0 Å². The number of hydrogen-bond acceptors (Lipinski definition) is 4. The van der Waals surface area contributed by atoms with Crippen LogP contribution < -0.4 is 5.14 Å². The van der Waals surface area contributed by atoms with Crippen LogP contribution in [0.25, 0.3) is 0 Å². The van der Waals surface area contributed by atoms with E-state index < -0.39 is 18.5 Å². The van der Waals surface area contributed by atoms with E-state index in [-0.39, 0.29) is 0 Å². The Labute approximate surface area is 427 Å². The van der Waals surface area contributed by atoms with Crippen molar-refractivity contribution in [2.75, 3.05) is 11.5 Å². The van der Waals surface area contributed by atoms with Gasteiger partial charge in [-0.3, -0.25) is 5.14 Å². The molecule has 0 bridgehead atoms. The van der Waals surface area contributed by atoms with Crippen LogP contribution in [0.5, 0.6) is 5.75 Å². The Kier molecular flexibility index (Phi) is 42.7. The monoisotopic (exact) mass is 991 g/mol. The maximum Gasteiger partial charge on any atom is 0.115 e. The van der Waals surface area contributed by atoms with E-state index in [0.717, 1.165) is 6.42 Å². The average Bonchev–Trinajstić information content (AvgIpc) is 3.62. The van der Waals surface area contributed by atoms with Gasteiger partial charge in [-0.1, -0.05) is 328 Å². The van der Waals surface area contributed by atoms with Crippen LogP contribution in [0.2, 0.25) is 0 Å². The zero-order valence-corrected chi connectivity index (χ0v) is 48.0. The Bertz CT molecular complexity index is 1190. The molecule has 0 saturated carbocycles. The molecule has 67 heavy (non-hydrogen) atoms. The average molecular weight is 992 g/mol. The first kappa shape index (κ1) is 62.8. The van der Waals surface area contributed by atoms with E-state index in [1.165, 1.54) is 330 Å². The summed E-state index contributed by atoms with van der Waals surface area (Å²) in [5, 5.41) is 19.3. The molecule has 1 atom stereocenters. The first-order chi connectivity index (χ1) is 33.0. The number of nitrogens with zero attached hydrogens (tertiary/aromatic N) is 1. The first-order valence-electron chi connectivity index (χ1n) is 30.5. The number of rotatable bonds is 52. The highest BCUT2D eigenvalue weighted by molar-refractivity contribution is 9.30. The lowest BCUT2D eigenvalue weighted by molar-refractivity contribution is 0.475. The van der Waals surface area contributed by atoms with E-state index in [0.29, 0.717) is 5.75 Å². The number of unbranched alkanes of at least 4 members (excludes halogenated alkanes) is 45. The Hall–Kier alpha value is -0.300. The van der Waals surface area contributed by atoms with Gasteiger partial charge in [-0.25, -0.2) is 4.40 Å². The van der Waals surface area contributed by atoms with E-state index in [2.05, 4.69) is 42.7 Å². The Balaban J connectivity index is 1.83. The molecule has 6 heteroatoms. The number of hydrogen-bond donors (Lipinski definition) is 2. The molecule has 1 heterocycles. The van der Waals surface area contributed by atoms with Gasteiger partial charge in [0.1, 0.15) is 5.75 Å². The summed E-state index contributed by atoms with van der Waals surface area (Å²) in [5.74, 6) is 2.84. The van der Waals surface area contributed by atoms with Crippen molar-refractivity contribution in [1.82, 2.24) is 0 Å². The van der Waals surface area contributed by atoms with Crippen LogP contribution in [0.3, 0.4) is 0 Å². The molecule has 2 rings (SSSR count). The lowest BCUT2D eigenvalue weighted by Crippen LogP contribution is -2.15. The summed E-state index contributed by atoms with van der Waals surface area (Å²) in [6, 6.07) is 7.98. The molecule has 0 aromatic heterocycles. The molecule has 1 aliphatic heterocycles. The Morgan fingerprint density at radius 1 is 0.358 bits per heavy atom. The molecule has 1 aliphatic rings. The predicted octanol–water partition coefficient (Wildman–Crippen LogP) is 23.3. The Morgan fingerprint density at radius 3 is 0.866 bits per heavy atom. The molecule has 0 spiro atoms. The van der Waals surface area contributed by atoms with Gasteiger partial charge in [0.15, 0.2) is 0 Å². The van der Waals surface area contributed by atoms with E-state index in [1.807, 2.05) is 12.1 Å². The van der Waals surface area contributed by atoms with Crippen LogP contribution in [-0.4, -0.2) is 21.7 Å². The van der Waals surface area contributed by atoms with Gasteiger partial charge < -0.3 is 5.11 Å². The summed E-state index contributed by atoms with van der Waals surface area (Å²) >= 11 is 0. The molecule has 0 fully saturated rings. The van der Waals surface area contributed by atoms with E-state index in [9.17, 15) is 5.11 Å². The van der Waals surface area contributed by atoms with Crippen molar-refractivity contribution in [3.8, 4) is 5.75 Å². The quantitative estimate of drug-likeness (QED) is 0.0505. The minimum absolute atomic E-state index is 0.339. The summed E-state index contributed by atoms with van der Waals surface area (Å²) in [5.41, 5.74) is 0. The van der Waals surface area contributed by atoms with Crippen molar-refractivity contribution in [2.45, 2.75) is 340 Å². The normalized spacial score (nSPS) is 17.2.